The number of aromatic nitrogens is 3. The second kappa shape index (κ2) is 6.42. The molecule has 2 heterocycles. The van der Waals surface area contributed by atoms with Crippen LogP contribution < -0.4 is 0 Å². The molecule has 1 aliphatic heterocycles. The molecule has 0 bridgehead atoms. The molecule has 1 amide bonds. The molecule has 0 saturated carbocycles. The van der Waals surface area contributed by atoms with Crippen LogP contribution in [0.25, 0.3) is 5.69 Å². The monoisotopic (exact) mass is 382 g/mol. The molecule has 1 aromatic heterocycles. The molecule has 0 N–H and O–H groups in total. The minimum atomic E-state index is -3.06. The van der Waals surface area contributed by atoms with E-state index >= 15 is 0 Å². The number of nitrogens with zero attached hydrogens (tertiary/aromatic N) is 4. The van der Waals surface area contributed by atoms with Gasteiger partial charge in [-0.15, -0.1) is 5.10 Å². The van der Waals surface area contributed by atoms with Gasteiger partial charge in [0.1, 0.15) is 0 Å². The Hall–Kier alpha value is -1.93. The molecule has 134 valence electrons. The van der Waals surface area contributed by atoms with Gasteiger partial charge in [-0.1, -0.05) is 22.9 Å². The van der Waals surface area contributed by atoms with Gasteiger partial charge in [0.15, 0.2) is 15.5 Å². The van der Waals surface area contributed by atoms with Crippen molar-refractivity contribution in [2.45, 2.75) is 26.3 Å². The van der Waals surface area contributed by atoms with Crippen LogP contribution in [-0.2, 0) is 9.84 Å². The number of carbonyl (C=O) groups excluding carboxylic acids is 1. The van der Waals surface area contributed by atoms with Crippen LogP contribution in [0.4, 0.5) is 0 Å². The van der Waals surface area contributed by atoms with Crippen molar-refractivity contribution >= 4 is 27.3 Å². The van der Waals surface area contributed by atoms with Crippen molar-refractivity contribution in [3.8, 4) is 5.69 Å². The maximum atomic E-state index is 12.7. The summed E-state index contributed by atoms with van der Waals surface area (Å²) >= 11 is 6.16. The highest BCUT2D eigenvalue weighted by atomic mass is 35.5. The lowest BCUT2D eigenvalue weighted by Crippen LogP contribution is -2.38. The van der Waals surface area contributed by atoms with Crippen LogP contribution in [0.3, 0.4) is 0 Å². The van der Waals surface area contributed by atoms with E-state index in [1.807, 2.05) is 19.1 Å². The van der Waals surface area contributed by atoms with Crippen LogP contribution in [-0.4, -0.2) is 58.8 Å². The Bertz CT molecular complexity index is 939. The zero-order chi connectivity index (χ0) is 18.4. The Morgan fingerprint density at radius 3 is 2.72 bits per heavy atom. The first-order chi connectivity index (χ1) is 11.7. The van der Waals surface area contributed by atoms with Crippen LogP contribution in [0, 0.1) is 13.8 Å². The Balaban J connectivity index is 1.91. The maximum absolute atomic E-state index is 12.7. The second-order valence-electron chi connectivity index (χ2n) is 6.29. The van der Waals surface area contributed by atoms with E-state index in [0.717, 1.165) is 11.3 Å². The number of hydrogen-bond donors (Lipinski definition) is 0. The molecule has 0 radical (unpaired) electrons. The summed E-state index contributed by atoms with van der Waals surface area (Å²) in [5.41, 5.74) is 2.39. The van der Waals surface area contributed by atoms with Crippen molar-refractivity contribution in [3.63, 3.8) is 0 Å². The highest BCUT2D eigenvalue weighted by Gasteiger charge is 2.34. The van der Waals surface area contributed by atoms with Gasteiger partial charge in [-0.3, -0.25) is 4.79 Å². The number of amides is 1. The van der Waals surface area contributed by atoms with E-state index in [1.54, 1.807) is 24.7 Å². The van der Waals surface area contributed by atoms with E-state index in [-0.39, 0.29) is 29.1 Å². The van der Waals surface area contributed by atoms with Crippen molar-refractivity contribution in [3.05, 3.63) is 40.2 Å². The number of carbonyl (C=O) groups is 1. The first-order valence-electron chi connectivity index (χ1n) is 7.86. The average molecular weight is 383 g/mol. The Morgan fingerprint density at radius 1 is 1.36 bits per heavy atom. The molecule has 0 unspecified atom stereocenters. The van der Waals surface area contributed by atoms with Gasteiger partial charge >= 0.3 is 0 Å². The molecular weight excluding hydrogens is 364 g/mol. The summed E-state index contributed by atoms with van der Waals surface area (Å²) in [6.07, 6.45) is 0.450. The van der Waals surface area contributed by atoms with Crippen LogP contribution in [0.2, 0.25) is 5.02 Å². The summed E-state index contributed by atoms with van der Waals surface area (Å²) < 4.78 is 24.9. The van der Waals surface area contributed by atoms with Crippen LogP contribution in [0.5, 0.6) is 0 Å². The third kappa shape index (κ3) is 3.28. The van der Waals surface area contributed by atoms with Crippen LogP contribution in [0.15, 0.2) is 18.2 Å². The molecule has 1 aliphatic rings. The number of sulfone groups is 1. The summed E-state index contributed by atoms with van der Waals surface area (Å²) in [5.74, 6) is -0.219. The van der Waals surface area contributed by atoms with E-state index in [0.29, 0.717) is 17.1 Å². The van der Waals surface area contributed by atoms with Gasteiger partial charge in [0.25, 0.3) is 5.91 Å². The molecule has 9 heteroatoms. The molecule has 0 spiro atoms. The van der Waals surface area contributed by atoms with E-state index in [9.17, 15) is 13.2 Å². The third-order valence-electron chi connectivity index (χ3n) is 4.64. The van der Waals surface area contributed by atoms with Gasteiger partial charge in [-0.05, 0) is 38.0 Å². The van der Waals surface area contributed by atoms with Gasteiger partial charge in [-0.25, -0.2) is 13.1 Å². The first kappa shape index (κ1) is 17.9. The zero-order valence-electron chi connectivity index (χ0n) is 14.2. The molecule has 7 nitrogen and oxygen atoms in total. The number of benzene rings is 1. The SMILES string of the molecule is Cc1c(Cl)cccc1-n1nnc(C(=O)N(C)[C@H]2CCS(=O)(=O)C2)c1C. The van der Waals surface area contributed by atoms with Gasteiger partial charge in [-0.2, -0.15) is 0 Å². The summed E-state index contributed by atoms with van der Waals surface area (Å²) in [5, 5.41) is 8.71. The van der Waals surface area contributed by atoms with Crippen molar-refractivity contribution in [1.82, 2.24) is 19.9 Å². The van der Waals surface area contributed by atoms with Crippen molar-refractivity contribution in [1.29, 1.82) is 0 Å². The van der Waals surface area contributed by atoms with Crippen LogP contribution >= 0.6 is 11.6 Å². The lowest BCUT2D eigenvalue weighted by molar-refractivity contribution is 0.0741. The maximum Gasteiger partial charge on any atom is 0.276 e. The number of halogens is 1. The molecule has 1 aromatic carbocycles. The lowest BCUT2D eigenvalue weighted by atomic mass is 10.2. The topological polar surface area (TPSA) is 85.2 Å². The fourth-order valence-corrected chi connectivity index (χ4v) is 4.94. The molecule has 25 heavy (non-hydrogen) atoms. The fourth-order valence-electron chi connectivity index (χ4n) is 2.99. The normalized spacial score (nSPS) is 19.1. The first-order valence-corrected chi connectivity index (χ1v) is 10.1. The highest BCUT2D eigenvalue weighted by Crippen LogP contribution is 2.24. The average Bonchev–Trinajstić information content (AvgIpc) is 3.11. The van der Waals surface area contributed by atoms with E-state index in [1.165, 1.54) is 4.90 Å². The van der Waals surface area contributed by atoms with Crippen molar-refractivity contribution in [2.24, 2.45) is 0 Å². The van der Waals surface area contributed by atoms with Crippen molar-refractivity contribution in [2.75, 3.05) is 18.6 Å². The van der Waals surface area contributed by atoms with Gasteiger partial charge < -0.3 is 4.90 Å². The lowest BCUT2D eigenvalue weighted by Gasteiger charge is -2.22. The van der Waals surface area contributed by atoms with E-state index in [2.05, 4.69) is 10.3 Å². The quantitative estimate of drug-likeness (QED) is 0.808. The molecule has 3 rings (SSSR count). The minimum absolute atomic E-state index is 0.00414. The van der Waals surface area contributed by atoms with Gasteiger partial charge in [0.05, 0.1) is 22.9 Å². The predicted molar refractivity (Wildman–Crippen MR) is 95.0 cm³/mol. The summed E-state index contributed by atoms with van der Waals surface area (Å²) in [4.78, 5) is 14.2. The van der Waals surface area contributed by atoms with Crippen molar-refractivity contribution < 1.29 is 13.2 Å². The standard InChI is InChI=1S/C16H19ClN4O3S/c1-10-13(17)5-4-6-14(10)21-11(2)15(18-19-21)16(22)20(3)12-7-8-25(23,24)9-12/h4-6,12H,7-9H2,1-3H3/t12-/m0/s1. The summed E-state index contributed by atoms with van der Waals surface area (Å²) in [6.45, 7) is 3.63. The number of rotatable bonds is 3. The summed E-state index contributed by atoms with van der Waals surface area (Å²) in [7, 11) is -1.46. The Labute approximate surface area is 151 Å². The van der Waals surface area contributed by atoms with E-state index in [4.69, 9.17) is 11.6 Å². The van der Waals surface area contributed by atoms with Gasteiger partial charge in [0.2, 0.25) is 0 Å². The molecule has 1 fully saturated rings. The zero-order valence-corrected chi connectivity index (χ0v) is 15.8. The Kier molecular flexibility index (Phi) is 4.59. The fraction of sp³-hybridized carbons (Fsp3) is 0.438. The molecule has 2 aromatic rings. The Morgan fingerprint density at radius 2 is 2.08 bits per heavy atom. The largest absolute Gasteiger partial charge is 0.336 e. The number of hydrogen-bond acceptors (Lipinski definition) is 5. The predicted octanol–water partition coefficient (Wildman–Crippen LogP) is 1.80. The summed E-state index contributed by atoms with van der Waals surface area (Å²) in [6, 6.07) is 5.12. The molecule has 1 saturated heterocycles. The minimum Gasteiger partial charge on any atom is -0.336 e. The molecule has 0 aliphatic carbocycles. The molecular formula is C16H19ClN4O3S. The highest BCUT2D eigenvalue weighted by molar-refractivity contribution is 7.91. The van der Waals surface area contributed by atoms with Gasteiger partial charge in [0, 0.05) is 18.1 Å². The molecule has 1 atom stereocenters. The third-order valence-corrected chi connectivity index (χ3v) is 6.80. The smallest absolute Gasteiger partial charge is 0.276 e. The van der Waals surface area contributed by atoms with E-state index < -0.39 is 9.84 Å². The van der Waals surface area contributed by atoms with Crippen LogP contribution in [0.1, 0.15) is 28.2 Å². The second-order valence-corrected chi connectivity index (χ2v) is 8.93.